The zero-order chi connectivity index (χ0) is 15.5. The number of hydrogen-bond acceptors (Lipinski definition) is 5. The van der Waals surface area contributed by atoms with Gasteiger partial charge in [0.25, 0.3) is 0 Å². The summed E-state index contributed by atoms with van der Waals surface area (Å²) in [5.74, 6) is 0.799. The van der Waals surface area contributed by atoms with Crippen molar-refractivity contribution < 1.29 is 5.11 Å². The first-order valence-electron chi connectivity index (χ1n) is 6.80. The number of pyridine rings is 1. The summed E-state index contributed by atoms with van der Waals surface area (Å²) in [6.45, 7) is 3.95. The van der Waals surface area contributed by atoms with Gasteiger partial charge in [-0.1, -0.05) is 12.2 Å². The second kappa shape index (κ2) is 5.77. The van der Waals surface area contributed by atoms with E-state index in [0.717, 1.165) is 27.8 Å². The normalized spacial score (nSPS) is 11.2. The van der Waals surface area contributed by atoms with Gasteiger partial charge < -0.3 is 5.11 Å². The minimum atomic E-state index is 0.285. The third-order valence-electron chi connectivity index (χ3n) is 3.38. The fourth-order valence-corrected chi connectivity index (χ4v) is 2.35. The van der Waals surface area contributed by atoms with Gasteiger partial charge >= 0.3 is 0 Å². The lowest BCUT2D eigenvalue weighted by atomic mass is 10.0. The van der Waals surface area contributed by atoms with Crippen molar-refractivity contribution in [1.82, 2.24) is 25.6 Å². The maximum atomic E-state index is 9.59. The molecule has 2 aromatic heterocycles. The molecule has 0 unspecified atom stereocenters. The predicted octanol–water partition coefficient (Wildman–Crippen LogP) is 2.75. The van der Waals surface area contributed by atoms with Gasteiger partial charge in [-0.25, -0.2) is 0 Å². The average Bonchev–Trinajstić information content (AvgIpc) is 3.00. The summed E-state index contributed by atoms with van der Waals surface area (Å²) in [6.07, 6.45) is 7.45. The molecule has 0 aliphatic heterocycles. The van der Waals surface area contributed by atoms with Gasteiger partial charge in [0.1, 0.15) is 5.75 Å². The molecule has 110 valence electrons. The molecular weight excluding hydrogens is 278 g/mol. The van der Waals surface area contributed by atoms with Crippen LogP contribution in [0.1, 0.15) is 22.3 Å². The van der Waals surface area contributed by atoms with Crippen molar-refractivity contribution in [3.8, 4) is 17.1 Å². The van der Waals surface area contributed by atoms with E-state index in [2.05, 4.69) is 25.6 Å². The third-order valence-corrected chi connectivity index (χ3v) is 3.38. The molecule has 0 saturated carbocycles. The molecule has 0 atom stereocenters. The number of aromatic nitrogens is 5. The minimum absolute atomic E-state index is 0.285. The summed E-state index contributed by atoms with van der Waals surface area (Å²) in [6, 6.07) is 5.45. The van der Waals surface area contributed by atoms with E-state index in [9.17, 15) is 5.11 Å². The third kappa shape index (κ3) is 2.85. The quantitative estimate of drug-likeness (QED) is 0.775. The van der Waals surface area contributed by atoms with Crippen LogP contribution in [-0.2, 0) is 0 Å². The van der Waals surface area contributed by atoms with E-state index < -0.39 is 0 Å². The Balaban J connectivity index is 1.92. The van der Waals surface area contributed by atoms with E-state index in [1.54, 1.807) is 24.5 Å². The lowest BCUT2D eigenvalue weighted by Gasteiger charge is -2.06. The van der Waals surface area contributed by atoms with Crippen molar-refractivity contribution in [3.63, 3.8) is 0 Å². The van der Waals surface area contributed by atoms with Gasteiger partial charge in [0.15, 0.2) is 0 Å². The highest BCUT2D eigenvalue weighted by Crippen LogP contribution is 2.23. The van der Waals surface area contributed by atoms with Gasteiger partial charge in [0.05, 0.1) is 0 Å². The van der Waals surface area contributed by atoms with Crippen LogP contribution in [0.5, 0.6) is 5.75 Å². The Labute approximate surface area is 127 Å². The summed E-state index contributed by atoms with van der Waals surface area (Å²) in [4.78, 5) is 4.20. The molecule has 2 heterocycles. The Morgan fingerprint density at radius 1 is 1.05 bits per heavy atom. The smallest absolute Gasteiger partial charge is 0.206 e. The Morgan fingerprint density at radius 2 is 1.82 bits per heavy atom. The van der Waals surface area contributed by atoms with E-state index in [0.29, 0.717) is 5.82 Å². The standard InChI is InChI=1S/C16H15N5O/c1-10-5-14(22)6-11(2)15(10)4-3-12-7-13(9-17-8-12)16-18-20-21-19-16/h3-9,22H,1-2H3,(H,18,19,20,21)/b4-3+. The zero-order valence-corrected chi connectivity index (χ0v) is 12.3. The van der Waals surface area contributed by atoms with Gasteiger partial charge in [0, 0.05) is 18.0 Å². The molecule has 1 aromatic carbocycles. The monoisotopic (exact) mass is 293 g/mol. The molecule has 3 rings (SSSR count). The van der Waals surface area contributed by atoms with Crippen molar-refractivity contribution in [1.29, 1.82) is 0 Å². The molecular formula is C16H15N5O. The first kappa shape index (κ1) is 13.9. The highest BCUT2D eigenvalue weighted by molar-refractivity contribution is 5.74. The van der Waals surface area contributed by atoms with Crippen molar-refractivity contribution in [2.75, 3.05) is 0 Å². The van der Waals surface area contributed by atoms with Crippen LogP contribution in [0.2, 0.25) is 0 Å². The van der Waals surface area contributed by atoms with Crippen LogP contribution in [0, 0.1) is 13.8 Å². The van der Waals surface area contributed by atoms with E-state index in [1.807, 2.05) is 32.1 Å². The molecule has 0 amide bonds. The Bertz CT molecular complexity index is 801. The van der Waals surface area contributed by atoms with E-state index >= 15 is 0 Å². The number of hydrogen-bond donors (Lipinski definition) is 2. The van der Waals surface area contributed by atoms with Crippen LogP contribution < -0.4 is 0 Å². The van der Waals surface area contributed by atoms with Crippen LogP contribution in [0.3, 0.4) is 0 Å². The molecule has 6 heteroatoms. The van der Waals surface area contributed by atoms with E-state index in [4.69, 9.17) is 0 Å². The molecule has 0 aliphatic carbocycles. The molecule has 0 bridgehead atoms. The van der Waals surface area contributed by atoms with Crippen LogP contribution in [0.25, 0.3) is 23.5 Å². The van der Waals surface area contributed by atoms with Crippen molar-refractivity contribution in [2.45, 2.75) is 13.8 Å². The second-order valence-electron chi connectivity index (χ2n) is 5.07. The van der Waals surface area contributed by atoms with Crippen LogP contribution in [-0.4, -0.2) is 30.7 Å². The molecule has 0 fully saturated rings. The van der Waals surface area contributed by atoms with Gasteiger partial charge in [-0.3, -0.25) is 4.98 Å². The molecule has 2 N–H and O–H groups in total. The van der Waals surface area contributed by atoms with E-state index in [-0.39, 0.29) is 5.75 Å². The summed E-state index contributed by atoms with van der Waals surface area (Å²) in [5, 5.41) is 23.5. The minimum Gasteiger partial charge on any atom is -0.508 e. The number of aromatic amines is 1. The van der Waals surface area contributed by atoms with Gasteiger partial charge in [-0.05, 0) is 59.5 Å². The highest BCUT2D eigenvalue weighted by atomic mass is 16.3. The largest absolute Gasteiger partial charge is 0.508 e. The summed E-state index contributed by atoms with van der Waals surface area (Å²) in [7, 11) is 0. The Hall–Kier alpha value is -3.02. The molecule has 22 heavy (non-hydrogen) atoms. The first-order chi connectivity index (χ1) is 10.6. The fraction of sp³-hybridized carbons (Fsp3) is 0.125. The predicted molar refractivity (Wildman–Crippen MR) is 83.9 cm³/mol. The van der Waals surface area contributed by atoms with E-state index in [1.165, 1.54) is 0 Å². The fourth-order valence-electron chi connectivity index (χ4n) is 2.35. The number of aryl methyl sites for hydroxylation is 2. The Kier molecular flexibility index (Phi) is 3.65. The zero-order valence-electron chi connectivity index (χ0n) is 12.3. The van der Waals surface area contributed by atoms with Crippen LogP contribution in [0.4, 0.5) is 0 Å². The second-order valence-corrected chi connectivity index (χ2v) is 5.07. The number of tetrazole rings is 1. The number of phenols is 1. The maximum Gasteiger partial charge on any atom is 0.206 e. The van der Waals surface area contributed by atoms with Crippen LogP contribution in [0.15, 0.2) is 30.6 Å². The lowest BCUT2D eigenvalue weighted by Crippen LogP contribution is -1.87. The molecule has 0 saturated heterocycles. The number of phenolic OH excluding ortho intramolecular Hbond substituents is 1. The Morgan fingerprint density at radius 3 is 2.50 bits per heavy atom. The topological polar surface area (TPSA) is 87.6 Å². The number of aromatic hydroxyl groups is 1. The molecule has 0 radical (unpaired) electrons. The average molecular weight is 293 g/mol. The maximum absolute atomic E-state index is 9.59. The summed E-state index contributed by atoms with van der Waals surface area (Å²) in [5.41, 5.74) is 4.87. The number of nitrogens with one attached hydrogen (secondary N) is 1. The van der Waals surface area contributed by atoms with Crippen molar-refractivity contribution in [2.24, 2.45) is 0 Å². The van der Waals surface area contributed by atoms with Gasteiger partial charge in [-0.2, -0.15) is 5.21 Å². The molecule has 6 nitrogen and oxygen atoms in total. The van der Waals surface area contributed by atoms with Crippen molar-refractivity contribution >= 4 is 12.2 Å². The van der Waals surface area contributed by atoms with Gasteiger partial charge in [-0.15, -0.1) is 10.2 Å². The molecule has 0 spiro atoms. The van der Waals surface area contributed by atoms with Crippen molar-refractivity contribution in [3.05, 3.63) is 52.8 Å². The molecule has 3 aromatic rings. The summed E-state index contributed by atoms with van der Waals surface area (Å²) < 4.78 is 0. The first-order valence-corrected chi connectivity index (χ1v) is 6.80. The lowest BCUT2D eigenvalue weighted by molar-refractivity contribution is 0.474. The number of H-pyrrole nitrogens is 1. The number of nitrogens with zero attached hydrogens (tertiary/aromatic N) is 4. The highest BCUT2D eigenvalue weighted by Gasteiger charge is 2.04. The number of rotatable bonds is 3. The SMILES string of the molecule is Cc1cc(O)cc(C)c1/C=C/c1cncc(-c2nn[nH]n2)c1. The number of benzene rings is 1. The van der Waals surface area contributed by atoms with Crippen LogP contribution >= 0.6 is 0 Å². The van der Waals surface area contributed by atoms with Gasteiger partial charge in [0.2, 0.25) is 5.82 Å². The summed E-state index contributed by atoms with van der Waals surface area (Å²) >= 11 is 0. The molecule has 0 aliphatic rings.